The van der Waals surface area contributed by atoms with Gasteiger partial charge in [0.25, 0.3) is 0 Å². The van der Waals surface area contributed by atoms with Crippen LogP contribution in [0.5, 0.6) is 0 Å². The molecule has 21 heavy (non-hydrogen) atoms. The summed E-state index contributed by atoms with van der Waals surface area (Å²) in [5.74, 6) is -0.0205. The van der Waals surface area contributed by atoms with Crippen LogP contribution in [-0.4, -0.2) is 11.2 Å². The van der Waals surface area contributed by atoms with Gasteiger partial charge in [0.15, 0.2) is 0 Å². The highest BCUT2D eigenvalue weighted by Gasteiger charge is 2.15. The number of amides is 1. The number of thioether (sulfide) groups is 1. The Labute approximate surface area is 137 Å². The number of aryl methyl sites for hydroxylation is 1. The Morgan fingerprint density at radius 3 is 2.71 bits per heavy atom. The summed E-state index contributed by atoms with van der Waals surface area (Å²) in [6, 6.07) is 13.4. The fourth-order valence-electron chi connectivity index (χ4n) is 1.86. The molecule has 0 saturated carbocycles. The number of halogens is 1. The molecule has 2 rings (SSSR count). The summed E-state index contributed by atoms with van der Waals surface area (Å²) in [6.07, 6.45) is 0. The van der Waals surface area contributed by atoms with Gasteiger partial charge in [0, 0.05) is 20.7 Å². The molecule has 1 unspecified atom stereocenters. The largest absolute Gasteiger partial charge is 0.399 e. The van der Waals surface area contributed by atoms with Crippen LogP contribution in [0.4, 0.5) is 11.4 Å². The molecule has 0 bridgehead atoms. The van der Waals surface area contributed by atoms with Gasteiger partial charge in [-0.15, -0.1) is 11.8 Å². The van der Waals surface area contributed by atoms with Crippen molar-refractivity contribution in [2.24, 2.45) is 0 Å². The average Bonchev–Trinajstić information content (AvgIpc) is 2.41. The van der Waals surface area contributed by atoms with E-state index in [9.17, 15) is 4.79 Å². The Kier molecular flexibility index (Phi) is 5.31. The first-order chi connectivity index (χ1) is 9.95. The number of nitrogens with one attached hydrogen (secondary N) is 1. The van der Waals surface area contributed by atoms with Crippen LogP contribution in [0.2, 0.25) is 0 Å². The number of rotatable bonds is 4. The SMILES string of the molecule is Cc1cc(N)ccc1NC(=O)C(C)Sc1cccc(Br)c1. The zero-order chi connectivity index (χ0) is 15.4. The van der Waals surface area contributed by atoms with E-state index >= 15 is 0 Å². The maximum Gasteiger partial charge on any atom is 0.237 e. The third kappa shape index (κ3) is 4.51. The number of nitrogens with two attached hydrogens (primary N) is 1. The normalized spacial score (nSPS) is 12.0. The Hall–Kier alpha value is -1.46. The Morgan fingerprint density at radius 1 is 1.29 bits per heavy atom. The third-order valence-corrected chi connectivity index (χ3v) is 4.57. The van der Waals surface area contributed by atoms with Crippen LogP contribution in [0.25, 0.3) is 0 Å². The van der Waals surface area contributed by atoms with Crippen LogP contribution >= 0.6 is 27.7 Å². The van der Waals surface area contributed by atoms with Gasteiger partial charge in [-0.2, -0.15) is 0 Å². The maximum absolute atomic E-state index is 12.3. The summed E-state index contributed by atoms with van der Waals surface area (Å²) in [6.45, 7) is 3.83. The summed E-state index contributed by atoms with van der Waals surface area (Å²) in [5, 5.41) is 2.76. The molecule has 0 aliphatic heterocycles. The van der Waals surface area contributed by atoms with Gasteiger partial charge < -0.3 is 11.1 Å². The lowest BCUT2D eigenvalue weighted by Gasteiger charge is -2.14. The predicted octanol–water partition coefficient (Wildman–Crippen LogP) is 4.46. The van der Waals surface area contributed by atoms with Crippen molar-refractivity contribution in [1.82, 2.24) is 0 Å². The van der Waals surface area contributed by atoms with Crippen molar-refractivity contribution < 1.29 is 4.79 Å². The van der Waals surface area contributed by atoms with E-state index in [1.165, 1.54) is 11.8 Å². The topological polar surface area (TPSA) is 55.1 Å². The average molecular weight is 365 g/mol. The molecule has 0 spiro atoms. The van der Waals surface area contributed by atoms with E-state index in [2.05, 4.69) is 21.2 Å². The van der Waals surface area contributed by atoms with Gasteiger partial charge in [0.1, 0.15) is 0 Å². The summed E-state index contributed by atoms with van der Waals surface area (Å²) in [7, 11) is 0. The highest BCUT2D eigenvalue weighted by Crippen LogP contribution is 2.27. The molecule has 2 aromatic carbocycles. The Bertz CT molecular complexity index is 660. The predicted molar refractivity (Wildman–Crippen MR) is 93.7 cm³/mol. The van der Waals surface area contributed by atoms with E-state index < -0.39 is 0 Å². The molecule has 0 aliphatic rings. The molecule has 0 aromatic heterocycles. The molecule has 3 N–H and O–H groups in total. The van der Waals surface area contributed by atoms with Gasteiger partial charge in [0.2, 0.25) is 5.91 Å². The van der Waals surface area contributed by atoms with Gasteiger partial charge >= 0.3 is 0 Å². The van der Waals surface area contributed by atoms with E-state index in [1.54, 1.807) is 6.07 Å². The first-order valence-corrected chi connectivity index (χ1v) is 8.22. The molecule has 3 nitrogen and oxygen atoms in total. The molecule has 0 heterocycles. The smallest absolute Gasteiger partial charge is 0.237 e. The van der Waals surface area contributed by atoms with E-state index in [0.717, 1.165) is 20.6 Å². The highest BCUT2D eigenvalue weighted by molar-refractivity contribution is 9.10. The third-order valence-electron chi connectivity index (χ3n) is 2.99. The van der Waals surface area contributed by atoms with Crippen LogP contribution in [0.15, 0.2) is 51.8 Å². The second kappa shape index (κ2) is 7.00. The molecule has 5 heteroatoms. The van der Waals surface area contributed by atoms with Crippen LogP contribution in [0.1, 0.15) is 12.5 Å². The van der Waals surface area contributed by atoms with Crippen LogP contribution in [-0.2, 0) is 4.79 Å². The summed E-state index contributed by atoms with van der Waals surface area (Å²) < 4.78 is 1.01. The van der Waals surface area contributed by atoms with Crippen molar-refractivity contribution in [3.8, 4) is 0 Å². The van der Waals surface area contributed by atoms with Crippen molar-refractivity contribution in [3.63, 3.8) is 0 Å². The zero-order valence-corrected chi connectivity index (χ0v) is 14.3. The summed E-state index contributed by atoms with van der Waals surface area (Å²) in [4.78, 5) is 13.3. The van der Waals surface area contributed by atoms with E-state index in [-0.39, 0.29) is 11.2 Å². The number of nitrogen functional groups attached to an aromatic ring is 1. The lowest BCUT2D eigenvalue weighted by molar-refractivity contribution is -0.115. The van der Waals surface area contributed by atoms with Crippen molar-refractivity contribution in [1.29, 1.82) is 0 Å². The zero-order valence-electron chi connectivity index (χ0n) is 11.9. The molecular weight excluding hydrogens is 348 g/mol. The lowest BCUT2D eigenvalue weighted by Crippen LogP contribution is -2.22. The number of anilines is 2. The van der Waals surface area contributed by atoms with Crippen LogP contribution < -0.4 is 11.1 Å². The molecule has 0 fully saturated rings. The van der Waals surface area contributed by atoms with Crippen LogP contribution in [0, 0.1) is 6.92 Å². The number of carbonyl (C=O) groups excluding carboxylic acids is 1. The van der Waals surface area contributed by atoms with Crippen molar-refractivity contribution in [3.05, 3.63) is 52.5 Å². The molecule has 1 atom stereocenters. The molecule has 0 saturated heterocycles. The minimum Gasteiger partial charge on any atom is -0.399 e. The van der Waals surface area contributed by atoms with Crippen molar-refractivity contribution in [2.75, 3.05) is 11.1 Å². The van der Waals surface area contributed by atoms with Crippen LogP contribution in [0.3, 0.4) is 0 Å². The minimum atomic E-state index is -0.184. The monoisotopic (exact) mass is 364 g/mol. The van der Waals surface area contributed by atoms with Gasteiger partial charge in [-0.05, 0) is 55.8 Å². The van der Waals surface area contributed by atoms with E-state index in [0.29, 0.717) is 5.69 Å². The first-order valence-electron chi connectivity index (χ1n) is 6.55. The molecule has 2 aromatic rings. The van der Waals surface area contributed by atoms with Crippen molar-refractivity contribution >= 4 is 45.0 Å². The number of hydrogen-bond donors (Lipinski definition) is 2. The second-order valence-electron chi connectivity index (χ2n) is 4.78. The highest BCUT2D eigenvalue weighted by atomic mass is 79.9. The standard InChI is InChI=1S/C16H17BrN2OS/c1-10-8-13(18)6-7-15(10)19-16(20)11(2)21-14-5-3-4-12(17)9-14/h3-9,11H,18H2,1-2H3,(H,19,20). The Morgan fingerprint density at radius 2 is 2.05 bits per heavy atom. The van der Waals surface area contributed by atoms with Gasteiger partial charge in [0.05, 0.1) is 5.25 Å². The molecular formula is C16H17BrN2OS. The maximum atomic E-state index is 12.3. The minimum absolute atomic E-state index is 0.0205. The second-order valence-corrected chi connectivity index (χ2v) is 7.11. The molecule has 0 radical (unpaired) electrons. The summed E-state index contributed by atoms with van der Waals surface area (Å²) in [5.41, 5.74) is 8.17. The molecule has 1 amide bonds. The Balaban J connectivity index is 2.02. The molecule has 0 aliphatic carbocycles. The number of hydrogen-bond acceptors (Lipinski definition) is 3. The fourth-order valence-corrected chi connectivity index (χ4v) is 3.34. The van der Waals surface area contributed by atoms with Gasteiger partial charge in [-0.1, -0.05) is 22.0 Å². The summed E-state index contributed by atoms with van der Waals surface area (Å²) >= 11 is 4.96. The number of benzene rings is 2. The lowest BCUT2D eigenvalue weighted by atomic mass is 10.2. The van der Waals surface area contributed by atoms with Gasteiger partial charge in [-0.3, -0.25) is 4.79 Å². The van der Waals surface area contributed by atoms with E-state index in [1.807, 2.05) is 50.2 Å². The first kappa shape index (κ1) is 15.9. The van der Waals surface area contributed by atoms with Gasteiger partial charge in [-0.25, -0.2) is 0 Å². The quantitative estimate of drug-likeness (QED) is 0.621. The number of carbonyl (C=O) groups is 1. The fraction of sp³-hybridized carbons (Fsp3) is 0.188. The molecule has 110 valence electrons. The van der Waals surface area contributed by atoms with Crippen molar-refractivity contribution in [2.45, 2.75) is 24.0 Å². The van der Waals surface area contributed by atoms with E-state index in [4.69, 9.17) is 5.73 Å².